The summed E-state index contributed by atoms with van der Waals surface area (Å²) in [5.41, 5.74) is -0.178. The molecule has 41 heavy (non-hydrogen) atoms. The Labute approximate surface area is 214 Å². The van der Waals surface area contributed by atoms with Crippen molar-refractivity contribution < 1.29 is 88.9 Å². The predicted molar refractivity (Wildman–Crippen MR) is 96.9 cm³/mol. The summed E-state index contributed by atoms with van der Waals surface area (Å²) >= 11 is 0. The van der Waals surface area contributed by atoms with Crippen molar-refractivity contribution in [3.8, 4) is 0 Å². The molecule has 0 fully saturated rings. The molecule has 1 heterocycles. The van der Waals surface area contributed by atoms with Crippen LogP contribution in [-0.2, 0) is 20.8 Å². The van der Waals surface area contributed by atoms with Gasteiger partial charge in [0.15, 0.2) is 0 Å². The van der Waals surface area contributed by atoms with Crippen molar-refractivity contribution in [2.75, 3.05) is 5.32 Å². The number of aryl methyl sites for hydroxylation is 1. The first-order chi connectivity index (χ1) is 18.1. The quantitative estimate of drug-likeness (QED) is 0.305. The first-order valence-corrected chi connectivity index (χ1v) is 9.98. The number of halogens is 17. The molecule has 1 amide bonds. The molecule has 2 aromatic rings. The van der Waals surface area contributed by atoms with Gasteiger partial charge in [0.05, 0.1) is 11.0 Å². The van der Waals surface area contributed by atoms with E-state index in [0.29, 0.717) is 0 Å². The number of hydrogen-bond donors (Lipinski definition) is 1. The van der Waals surface area contributed by atoms with Gasteiger partial charge in [-0.15, -0.1) is 0 Å². The van der Waals surface area contributed by atoms with E-state index in [4.69, 9.17) is 0 Å². The molecule has 1 aromatic carbocycles. The fourth-order valence-corrected chi connectivity index (χ4v) is 2.84. The number of nitrogens with one attached hydrogen (secondary N) is 1. The van der Waals surface area contributed by atoms with E-state index in [1.54, 1.807) is 0 Å². The van der Waals surface area contributed by atoms with Gasteiger partial charge >= 0.3 is 54.3 Å². The maximum Gasteiger partial charge on any atom is 0.462 e. The second-order valence-electron chi connectivity index (χ2n) is 7.62. The average Bonchev–Trinajstić information content (AvgIpc) is 3.12. The summed E-state index contributed by atoms with van der Waals surface area (Å²) in [7, 11) is 0. The van der Waals surface area contributed by atoms with Crippen LogP contribution in [0.1, 0.15) is 6.92 Å². The molecule has 23 heteroatoms. The van der Waals surface area contributed by atoms with Gasteiger partial charge in [0.2, 0.25) is 5.95 Å². The highest BCUT2D eigenvalue weighted by atomic mass is 19.4. The summed E-state index contributed by atoms with van der Waals surface area (Å²) < 4.78 is 230. The highest BCUT2D eigenvalue weighted by molar-refractivity contribution is 5.97. The summed E-state index contributed by atoms with van der Waals surface area (Å²) in [6.45, 7) is 0.909. The maximum absolute atomic E-state index is 14.8. The lowest BCUT2D eigenvalue weighted by molar-refractivity contribution is -0.548. The number of nitrogens with zero attached hydrogens (tertiary/aromatic N) is 2. The van der Waals surface area contributed by atoms with Crippen molar-refractivity contribution in [2.24, 2.45) is 0 Å². The minimum atomic E-state index is -8.09. The van der Waals surface area contributed by atoms with Gasteiger partial charge in [-0.25, -0.2) is 4.98 Å². The van der Waals surface area contributed by atoms with Crippen LogP contribution in [0.25, 0.3) is 11.0 Å². The molecule has 0 aliphatic rings. The third kappa shape index (κ3) is 5.68. The number of carbonyl (C=O) groups excluding carboxylic acids is 1. The van der Waals surface area contributed by atoms with Gasteiger partial charge in [-0.05, 0) is 19.1 Å². The van der Waals surface area contributed by atoms with E-state index >= 15 is 0 Å². The monoisotopic (exact) mass is 639 g/mol. The molecule has 2 rings (SSSR count). The Morgan fingerprint density at radius 3 is 1.71 bits per heavy atom. The number of imidazole rings is 1. The van der Waals surface area contributed by atoms with E-state index in [1.165, 1.54) is 29.9 Å². The lowest BCUT2D eigenvalue weighted by Gasteiger charge is -2.40. The number of carbonyl (C=O) groups is 1. The Morgan fingerprint density at radius 1 is 0.756 bits per heavy atom. The van der Waals surface area contributed by atoms with Crippen LogP contribution in [0.2, 0.25) is 0 Å². The van der Waals surface area contributed by atoms with E-state index in [0.717, 1.165) is 16.0 Å². The lowest BCUT2D eigenvalue weighted by Crippen LogP contribution is -2.68. The number of ether oxygens (including phenoxy) is 2. The first kappa shape index (κ1) is 34.1. The molecule has 6 nitrogen and oxygen atoms in total. The highest BCUT2D eigenvalue weighted by Gasteiger charge is 2.85. The Balaban J connectivity index is 2.62. The number of amides is 1. The number of benzene rings is 1. The van der Waals surface area contributed by atoms with Crippen LogP contribution in [0, 0.1) is 0 Å². The van der Waals surface area contributed by atoms with Gasteiger partial charge in [-0.2, -0.15) is 74.6 Å². The fourth-order valence-electron chi connectivity index (χ4n) is 2.84. The second kappa shape index (κ2) is 10.0. The molecule has 234 valence electrons. The van der Waals surface area contributed by atoms with Crippen LogP contribution in [0.15, 0.2) is 24.3 Å². The smallest absolute Gasteiger partial charge is 0.310 e. The van der Waals surface area contributed by atoms with Crippen LogP contribution in [-0.4, -0.2) is 63.8 Å². The Kier molecular flexibility index (Phi) is 8.33. The van der Waals surface area contributed by atoms with Crippen molar-refractivity contribution in [1.82, 2.24) is 9.55 Å². The van der Waals surface area contributed by atoms with Gasteiger partial charge in [0.25, 0.3) is 0 Å². The third-order valence-corrected chi connectivity index (χ3v) is 4.85. The average molecular weight is 639 g/mol. The Bertz CT molecular complexity index is 1270. The zero-order valence-corrected chi connectivity index (χ0v) is 19.1. The summed E-state index contributed by atoms with van der Waals surface area (Å²) in [6.07, 6.45) is -38.7. The number of rotatable bonds is 9. The number of hydrogen-bond acceptors (Lipinski definition) is 4. The summed E-state index contributed by atoms with van der Waals surface area (Å²) in [5, 5.41) is 0.901. The minimum Gasteiger partial charge on any atom is -0.310 e. The second-order valence-corrected chi connectivity index (χ2v) is 7.62. The number of alkyl halides is 17. The molecule has 0 spiro atoms. The van der Waals surface area contributed by atoms with E-state index in [1.807, 2.05) is 0 Å². The third-order valence-electron chi connectivity index (χ3n) is 4.85. The minimum absolute atomic E-state index is 0.0194. The predicted octanol–water partition coefficient (Wildman–Crippen LogP) is 6.87. The standard InChI is InChI=1S/C18H10F17N3O3/c1-2-38-8-6-4-3-5-7(8)36-10(38)37-9(39)11(19,14(23,24)25)40-18(34,35)13(22,16(29,30)31)41-17(32,33)12(20,21)15(26,27)28/h3-6H,2H2,1H3,(H,36,37,39)/t11-,13-/m0/s1. The molecule has 2 atom stereocenters. The van der Waals surface area contributed by atoms with Crippen molar-refractivity contribution >= 4 is 22.9 Å². The molecule has 1 N–H and O–H groups in total. The molecular formula is C18H10F17N3O3. The number of aromatic nitrogens is 2. The highest BCUT2D eigenvalue weighted by Crippen LogP contribution is 2.56. The van der Waals surface area contributed by atoms with Crippen LogP contribution in [0.5, 0.6) is 0 Å². The van der Waals surface area contributed by atoms with E-state index in [9.17, 15) is 79.4 Å². The normalized spacial score (nSPS) is 17.3. The van der Waals surface area contributed by atoms with Gasteiger partial charge in [0.1, 0.15) is 0 Å². The Morgan fingerprint density at radius 2 is 1.27 bits per heavy atom. The van der Waals surface area contributed by atoms with Crippen LogP contribution in [0.4, 0.5) is 80.6 Å². The summed E-state index contributed by atoms with van der Waals surface area (Å²) in [6, 6.07) is 4.92. The summed E-state index contributed by atoms with van der Waals surface area (Å²) in [5.74, 6) is -27.5. The zero-order chi connectivity index (χ0) is 32.3. The van der Waals surface area contributed by atoms with Crippen LogP contribution < -0.4 is 5.32 Å². The molecule has 0 saturated carbocycles. The molecule has 1 aromatic heterocycles. The molecular weight excluding hydrogens is 629 g/mol. The SMILES string of the molecule is CCn1c(NC(=O)[C@](F)(OC(F)(F)[C@@](F)(OC(F)(F)C(F)(F)C(F)(F)F)C(F)(F)F)C(F)(F)F)nc2ccccc21. The van der Waals surface area contributed by atoms with Crippen LogP contribution in [0.3, 0.4) is 0 Å². The molecule has 0 unspecified atom stereocenters. The van der Waals surface area contributed by atoms with Crippen molar-refractivity contribution in [2.45, 2.75) is 61.8 Å². The maximum atomic E-state index is 14.8. The summed E-state index contributed by atoms with van der Waals surface area (Å²) in [4.78, 5) is 15.6. The number of para-hydroxylation sites is 2. The van der Waals surface area contributed by atoms with Crippen molar-refractivity contribution in [3.05, 3.63) is 24.3 Å². The number of fused-ring (bicyclic) bond motifs is 1. The van der Waals surface area contributed by atoms with Crippen LogP contribution >= 0.6 is 0 Å². The molecule has 0 saturated heterocycles. The molecule has 0 radical (unpaired) electrons. The van der Waals surface area contributed by atoms with E-state index in [2.05, 4.69) is 9.72 Å². The van der Waals surface area contributed by atoms with Crippen molar-refractivity contribution in [3.63, 3.8) is 0 Å². The molecule has 0 bridgehead atoms. The van der Waals surface area contributed by atoms with E-state index < -0.39 is 60.2 Å². The first-order valence-electron chi connectivity index (χ1n) is 9.98. The topological polar surface area (TPSA) is 65.4 Å². The van der Waals surface area contributed by atoms with Gasteiger partial charge in [-0.1, -0.05) is 12.1 Å². The fraction of sp³-hybridized carbons (Fsp3) is 0.556. The van der Waals surface area contributed by atoms with Crippen molar-refractivity contribution in [1.29, 1.82) is 0 Å². The molecule has 0 aliphatic carbocycles. The zero-order valence-electron chi connectivity index (χ0n) is 19.1. The van der Waals surface area contributed by atoms with Gasteiger partial charge in [0, 0.05) is 6.54 Å². The number of anilines is 1. The van der Waals surface area contributed by atoms with Gasteiger partial charge < -0.3 is 4.57 Å². The Hall–Kier alpha value is -3.11. The largest absolute Gasteiger partial charge is 0.462 e. The lowest BCUT2D eigenvalue weighted by atomic mass is 10.2. The molecule has 0 aliphatic heterocycles. The van der Waals surface area contributed by atoms with Gasteiger partial charge in [-0.3, -0.25) is 19.6 Å². The van der Waals surface area contributed by atoms with E-state index in [-0.39, 0.29) is 17.6 Å².